The van der Waals surface area contributed by atoms with Gasteiger partial charge in [-0.3, -0.25) is 0 Å². The summed E-state index contributed by atoms with van der Waals surface area (Å²) in [6.07, 6.45) is 1.31. The fraction of sp³-hybridized carbons (Fsp3) is 0.833. The van der Waals surface area contributed by atoms with E-state index in [-0.39, 0.29) is 0 Å². The second-order valence-electron chi connectivity index (χ2n) is 4.77. The van der Waals surface area contributed by atoms with Gasteiger partial charge in [-0.25, -0.2) is 4.68 Å². The van der Waals surface area contributed by atoms with Gasteiger partial charge in [-0.05, 0) is 19.4 Å². The molecule has 0 aliphatic carbocycles. The molecule has 6 nitrogen and oxygen atoms in total. The van der Waals surface area contributed by atoms with Crippen molar-refractivity contribution in [3.05, 3.63) is 11.9 Å². The maximum Gasteiger partial charge on any atom is 0.0969 e. The molecule has 1 aromatic rings. The van der Waals surface area contributed by atoms with E-state index >= 15 is 0 Å². The Bertz CT molecular complexity index is 328. The number of aromatic nitrogens is 3. The molecule has 0 radical (unpaired) electrons. The van der Waals surface area contributed by atoms with Gasteiger partial charge in [-0.2, -0.15) is 0 Å². The summed E-state index contributed by atoms with van der Waals surface area (Å²) in [5.74, 6) is 0.619. The van der Waals surface area contributed by atoms with E-state index in [4.69, 9.17) is 4.74 Å². The van der Waals surface area contributed by atoms with Crippen molar-refractivity contribution < 1.29 is 9.84 Å². The molecule has 0 saturated carbocycles. The van der Waals surface area contributed by atoms with Crippen LogP contribution in [0.5, 0.6) is 0 Å². The minimum Gasteiger partial charge on any atom is -0.389 e. The topological polar surface area (TPSA) is 72.2 Å². The van der Waals surface area contributed by atoms with Gasteiger partial charge in [0.2, 0.25) is 0 Å². The van der Waals surface area contributed by atoms with Crippen molar-refractivity contribution in [1.29, 1.82) is 0 Å². The van der Waals surface area contributed by atoms with Gasteiger partial charge >= 0.3 is 0 Å². The Hall–Kier alpha value is -0.980. The Morgan fingerprint density at radius 3 is 2.94 bits per heavy atom. The van der Waals surface area contributed by atoms with Crippen LogP contribution < -0.4 is 5.32 Å². The first-order valence-electron chi connectivity index (χ1n) is 6.47. The SMILES string of the molecule is CCOCC(O)Cn1cc(CNCC(C)C)nn1. The molecule has 6 heteroatoms. The van der Waals surface area contributed by atoms with Gasteiger partial charge in [0.1, 0.15) is 0 Å². The van der Waals surface area contributed by atoms with Gasteiger partial charge in [0.15, 0.2) is 0 Å². The molecular weight excluding hydrogens is 232 g/mol. The van der Waals surface area contributed by atoms with Gasteiger partial charge in [0.25, 0.3) is 0 Å². The molecule has 0 spiro atoms. The van der Waals surface area contributed by atoms with Crippen LogP contribution in [0.15, 0.2) is 6.20 Å². The quantitative estimate of drug-likeness (QED) is 0.670. The fourth-order valence-electron chi connectivity index (χ4n) is 1.52. The van der Waals surface area contributed by atoms with Crippen molar-refractivity contribution in [3.8, 4) is 0 Å². The summed E-state index contributed by atoms with van der Waals surface area (Å²) in [5, 5.41) is 21.0. The summed E-state index contributed by atoms with van der Waals surface area (Å²) in [5.41, 5.74) is 0.888. The molecule has 18 heavy (non-hydrogen) atoms. The summed E-state index contributed by atoms with van der Waals surface area (Å²) in [6, 6.07) is 0. The number of hydrogen-bond acceptors (Lipinski definition) is 5. The third kappa shape index (κ3) is 6.09. The zero-order valence-corrected chi connectivity index (χ0v) is 11.5. The molecule has 1 unspecified atom stereocenters. The molecule has 0 aliphatic rings. The monoisotopic (exact) mass is 256 g/mol. The lowest BCUT2D eigenvalue weighted by Crippen LogP contribution is -2.22. The average molecular weight is 256 g/mol. The van der Waals surface area contributed by atoms with Crippen molar-refractivity contribution >= 4 is 0 Å². The van der Waals surface area contributed by atoms with E-state index in [9.17, 15) is 5.11 Å². The summed E-state index contributed by atoms with van der Waals surface area (Å²) >= 11 is 0. The highest BCUT2D eigenvalue weighted by Gasteiger charge is 2.07. The summed E-state index contributed by atoms with van der Waals surface area (Å²) < 4.78 is 6.79. The summed E-state index contributed by atoms with van der Waals surface area (Å²) in [7, 11) is 0. The molecule has 1 heterocycles. The molecule has 0 bridgehead atoms. The van der Waals surface area contributed by atoms with Gasteiger partial charge < -0.3 is 15.2 Å². The Morgan fingerprint density at radius 1 is 1.50 bits per heavy atom. The molecule has 1 rings (SSSR count). The van der Waals surface area contributed by atoms with Crippen LogP contribution in [0.2, 0.25) is 0 Å². The van der Waals surface area contributed by atoms with Crippen molar-refractivity contribution in [2.24, 2.45) is 5.92 Å². The van der Waals surface area contributed by atoms with Crippen molar-refractivity contribution in [2.45, 2.75) is 40.0 Å². The van der Waals surface area contributed by atoms with Gasteiger partial charge in [-0.1, -0.05) is 19.1 Å². The van der Waals surface area contributed by atoms with E-state index in [2.05, 4.69) is 29.5 Å². The van der Waals surface area contributed by atoms with Crippen LogP contribution in [0.3, 0.4) is 0 Å². The molecule has 104 valence electrons. The van der Waals surface area contributed by atoms with Crippen LogP contribution in [0.1, 0.15) is 26.5 Å². The molecule has 0 fully saturated rings. The van der Waals surface area contributed by atoms with Gasteiger partial charge in [0, 0.05) is 19.3 Å². The molecule has 0 amide bonds. The Kier molecular flexibility index (Phi) is 6.85. The third-order valence-corrected chi connectivity index (χ3v) is 2.36. The Morgan fingerprint density at radius 2 is 2.28 bits per heavy atom. The number of aliphatic hydroxyl groups is 1. The molecule has 0 aliphatic heterocycles. The second-order valence-corrected chi connectivity index (χ2v) is 4.77. The molecule has 1 atom stereocenters. The number of rotatable bonds is 9. The van der Waals surface area contributed by atoms with Crippen LogP contribution in [-0.4, -0.2) is 46.0 Å². The van der Waals surface area contributed by atoms with Crippen molar-refractivity contribution in [3.63, 3.8) is 0 Å². The predicted octanol–water partition coefficient (Wildman–Crippen LogP) is 0.421. The summed E-state index contributed by atoms with van der Waals surface area (Å²) in [6.45, 7) is 9.25. The van der Waals surface area contributed by atoms with Crippen molar-refractivity contribution in [2.75, 3.05) is 19.8 Å². The third-order valence-electron chi connectivity index (χ3n) is 2.36. The smallest absolute Gasteiger partial charge is 0.0969 e. The van der Waals surface area contributed by atoms with Crippen molar-refractivity contribution in [1.82, 2.24) is 20.3 Å². The number of ether oxygens (including phenoxy) is 1. The van der Waals surface area contributed by atoms with Crippen LogP contribution in [0, 0.1) is 5.92 Å². The largest absolute Gasteiger partial charge is 0.389 e. The number of aliphatic hydroxyl groups excluding tert-OH is 1. The predicted molar refractivity (Wildman–Crippen MR) is 69.1 cm³/mol. The number of nitrogens with zero attached hydrogens (tertiary/aromatic N) is 3. The van der Waals surface area contributed by atoms with Gasteiger partial charge in [-0.15, -0.1) is 5.10 Å². The molecular formula is C12H24N4O2. The lowest BCUT2D eigenvalue weighted by Gasteiger charge is -2.09. The van der Waals surface area contributed by atoms with E-state index in [1.165, 1.54) is 0 Å². The number of nitrogens with one attached hydrogen (secondary N) is 1. The zero-order chi connectivity index (χ0) is 13.4. The standard InChI is InChI=1S/C12H24N4O2/c1-4-18-9-12(17)8-16-7-11(14-15-16)6-13-5-10(2)3/h7,10,12-13,17H,4-6,8-9H2,1-3H3. The zero-order valence-electron chi connectivity index (χ0n) is 11.5. The fourth-order valence-corrected chi connectivity index (χ4v) is 1.52. The Balaban J connectivity index is 2.29. The minimum atomic E-state index is -0.539. The maximum absolute atomic E-state index is 9.66. The normalized spacial score (nSPS) is 13.2. The first-order chi connectivity index (χ1) is 8.61. The molecule has 0 aromatic carbocycles. The lowest BCUT2D eigenvalue weighted by molar-refractivity contribution is 0.0313. The Labute approximate surface area is 108 Å². The van der Waals surface area contributed by atoms with E-state index < -0.39 is 6.10 Å². The molecule has 0 saturated heterocycles. The van der Waals surface area contributed by atoms with Crippen LogP contribution in [0.25, 0.3) is 0 Å². The van der Waals surface area contributed by atoms with E-state index in [0.29, 0.717) is 32.2 Å². The maximum atomic E-state index is 9.66. The molecule has 1 aromatic heterocycles. The van der Waals surface area contributed by atoms with Crippen LogP contribution in [0.4, 0.5) is 0 Å². The van der Waals surface area contributed by atoms with Crippen LogP contribution in [-0.2, 0) is 17.8 Å². The highest BCUT2D eigenvalue weighted by molar-refractivity contribution is 4.91. The minimum absolute atomic E-state index is 0.331. The lowest BCUT2D eigenvalue weighted by atomic mass is 10.2. The average Bonchev–Trinajstić information content (AvgIpc) is 2.73. The van der Waals surface area contributed by atoms with E-state index in [1.807, 2.05) is 13.1 Å². The first-order valence-corrected chi connectivity index (χ1v) is 6.47. The van der Waals surface area contributed by atoms with E-state index in [1.54, 1.807) is 4.68 Å². The summed E-state index contributed by atoms with van der Waals surface area (Å²) in [4.78, 5) is 0. The highest BCUT2D eigenvalue weighted by Crippen LogP contribution is 1.97. The number of hydrogen-bond donors (Lipinski definition) is 2. The van der Waals surface area contributed by atoms with Gasteiger partial charge in [0.05, 0.1) is 24.9 Å². The van der Waals surface area contributed by atoms with E-state index in [0.717, 1.165) is 12.2 Å². The first kappa shape index (κ1) is 15.1. The second kappa shape index (κ2) is 8.18. The highest BCUT2D eigenvalue weighted by atomic mass is 16.5. The molecule has 2 N–H and O–H groups in total. The van der Waals surface area contributed by atoms with Crippen LogP contribution >= 0.6 is 0 Å².